The van der Waals surface area contributed by atoms with Gasteiger partial charge in [0.25, 0.3) is 0 Å². The second-order valence-electron chi connectivity index (χ2n) is 3.68. The highest BCUT2D eigenvalue weighted by Gasteiger charge is 2.06. The quantitative estimate of drug-likeness (QED) is 0.809. The van der Waals surface area contributed by atoms with Crippen molar-refractivity contribution in [2.24, 2.45) is 0 Å². The van der Waals surface area contributed by atoms with Crippen LogP contribution in [0.5, 0.6) is 0 Å². The summed E-state index contributed by atoms with van der Waals surface area (Å²) in [6.07, 6.45) is 1.06. The minimum atomic E-state index is 0.163. The first kappa shape index (κ1) is 13.3. The van der Waals surface area contributed by atoms with Crippen LogP contribution in [0.3, 0.4) is 0 Å². The van der Waals surface area contributed by atoms with Gasteiger partial charge >= 0.3 is 0 Å². The molecule has 0 amide bonds. The average molecular weight is 257 g/mol. The summed E-state index contributed by atoms with van der Waals surface area (Å²) >= 11 is 11.1. The molecule has 16 heavy (non-hydrogen) atoms. The molecule has 2 N–H and O–H groups in total. The maximum Gasteiger partial charge on any atom is 0.166 e. The number of hydrogen-bond donors (Lipinski definition) is 2. The normalized spacial score (nSPS) is 11.9. The van der Waals surface area contributed by atoms with Gasteiger partial charge in [-0.05, 0) is 43.3 Å². The van der Waals surface area contributed by atoms with Crippen molar-refractivity contribution in [1.82, 2.24) is 10.6 Å². The van der Waals surface area contributed by atoms with Crippen molar-refractivity contribution >= 4 is 28.9 Å². The van der Waals surface area contributed by atoms with Gasteiger partial charge in [0.15, 0.2) is 5.11 Å². The predicted octanol–water partition coefficient (Wildman–Crippen LogP) is 3.28. The Bertz CT molecular complexity index is 355. The van der Waals surface area contributed by atoms with E-state index in [1.54, 1.807) is 0 Å². The van der Waals surface area contributed by atoms with E-state index >= 15 is 0 Å². The van der Waals surface area contributed by atoms with E-state index in [-0.39, 0.29) is 6.04 Å². The Morgan fingerprint density at radius 1 is 1.50 bits per heavy atom. The Morgan fingerprint density at radius 2 is 2.25 bits per heavy atom. The molecule has 0 spiro atoms. The lowest BCUT2D eigenvalue weighted by Crippen LogP contribution is -2.37. The Morgan fingerprint density at radius 3 is 2.88 bits per heavy atom. The zero-order chi connectivity index (χ0) is 12.0. The predicted molar refractivity (Wildman–Crippen MR) is 73.9 cm³/mol. The van der Waals surface area contributed by atoms with Crippen molar-refractivity contribution in [3.05, 3.63) is 34.9 Å². The molecule has 88 valence electrons. The van der Waals surface area contributed by atoms with Crippen LogP contribution in [0.1, 0.15) is 31.9 Å². The largest absolute Gasteiger partial charge is 0.363 e. The highest BCUT2D eigenvalue weighted by atomic mass is 35.5. The van der Waals surface area contributed by atoms with Crippen LogP contribution in [0.25, 0.3) is 0 Å². The minimum Gasteiger partial charge on any atom is -0.363 e. The fourth-order valence-corrected chi connectivity index (χ4v) is 1.82. The molecule has 2 nitrogen and oxygen atoms in total. The summed E-state index contributed by atoms with van der Waals surface area (Å²) in [5, 5.41) is 7.79. The molecule has 4 heteroatoms. The van der Waals surface area contributed by atoms with Gasteiger partial charge in [0.05, 0.1) is 6.04 Å². The zero-order valence-corrected chi connectivity index (χ0v) is 11.2. The summed E-state index contributed by atoms with van der Waals surface area (Å²) in [6.45, 7) is 5.07. The first-order valence-electron chi connectivity index (χ1n) is 5.43. The van der Waals surface area contributed by atoms with Gasteiger partial charge in [0, 0.05) is 11.6 Å². The Kier molecular flexibility index (Phi) is 5.56. The van der Waals surface area contributed by atoms with Gasteiger partial charge in [-0.2, -0.15) is 0 Å². The lowest BCUT2D eigenvalue weighted by molar-refractivity contribution is 0.694. The topological polar surface area (TPSA) is 24.1 Å². The first-order valence-corrected chi connectivity index (χ1v) is 6.22. The first-order chi connectivity index (χ1) is 7.63. The molecule has 0 radical (unpaired) electrons. The van der Waals surface area contributed by atoms with E-state index in [1.165, 1.54) is 0 Å². The highest BCUT2D eigenvalue weighted by Crippen LogP contribution is 2.16. The molecule has 1 atom stereocenters. The summed E-state index contributed by atoms with van der Waals surface area (Å²) in [7, 11) is 0. The number of halogens is 1. The third-order valence-electron chi connectivity index (χ3n) is 2.23. The fraction of sp³-hybridized carbons (Fsp3) is 0.417. The summed E-state index contributed by atoms with van der Waals surface area (Å²) in [6, 6.07) is 7.95. The molecule has 0 aromatic heterocycles. The summed E-state index contributed by atoms with van der Waals surface area (Å²) in [4.78, 5) is 0. The van der Waals surface area contributed by atoms with Gasteiger partial charge in [-0.3, -0.25) is 0 Å². The van der Waals surface area contributed by atoms with E-state index in [4.69, 9.17) is 23.8 Å². The Labute approximate surface area is 107 Å². The molecule has 0 fully saturated rings. The summed E-state index contributed by atoms with van der Waals surface area (Å²) in [5.41, 5.74) is 1.13. The van der Waals surface area contributed by atoms with Crippen LogP contribution in [0.2, 0.25) is 5.02 Å². The Hall–Kier alpha value is -0.800. The number of rotatable bonds is 4. The van der Waals surface area contributed by atoms with Crippen molar-refractivity contribution < 1.29 is 0 Å². The molecule has 0 aliphatic rings. The zero-order valence-electron chi connectivity index (χ0n) is 9.59. The summed E-state index contributed by atoms with van der Waals surface area (Å²) in [5.74, 6) is 0. The second-order valence-corrected chi connectivity index (χ2v) is 4.52. The SMILES string of the molecule is CCCNC(=S)NC(C)c1cccc(Cl)c1. The van der Waals surface area contributed by atoms with Gasteiger partial charge in [-0.1, -0.05) is 30.7 Å². The van der Waals surface area contributed by atoms with E-state index in [1.807, 2.05) is 24.3 Å². The smallest absolute Gasteiger partial charge is 0.166 e. The van der Waals surface area contributed by atoms with E-state index in [9.17, 15) is 0 Å². The average Bonchev–Trinajstić information content (AvgIpc) is 2.26. The van der Waals surface area contributed by atoms with Crippen LogP contribution >= 0.6 is 23.8 Å². The maximum absolute atomic E-state index is 5.93. The molecule has 1 aromatic rings. The van der Waals surface area contributed by atoms with Crippen molar-refractivity contribution in [2.75, 3.05) is 6.54 Å². The number of hydrogen-bond acceptors (Lipinski definition) is 1. The second kappa shape index (κ2) is 6.71. The minimum absolute atomic E-state index is 0.163. The lowest BCUT2D eigenvalue weighted by atomic mass is 10.1. The number of nitrogens with one attached hydrogen (secondary N) is 2. The maximum atomic E-state index is 5.93. The molecule has 0 saturated heterocycles. The van der Waals surface area contributed by atoms with E-state index in [0.717, 1.165) is 23.6 Å². The highest BCUT2D eigenvalue weighted by molar-refractivity contribution is 7.80. The molecule has 1 unspecified atom stereocenters. The van der Waals surface area contributed by atoms with Crippen molar-refractivity contribution in [3.8, 4) is 0 Å². The van der Waals surface area contributed by atoms with Gasteiger partial charge < -0.3 is 10.6 Å². The molecule has 0 heterocycles. The van der Waals surface area contributed by atoms with Gasteiger partial charge in [0.1, 0.15) is 0 Å². The van der Waals surface area contributed by atoms with Crippen LogP contribution in [0.4, 0.5) is 0 Å². The van der Waals surface area contributed by atoms with Crippen LogP contribution in [0.15, 0.2) is 24.3 Å². The van der Waals surface area contributed by atoms with Crippen LogP contribution < -0.4 is 10.6 Å². The molecule has 0 aliphatic carbocycles. The molecular weight excluding hydrogens is 240 g/mol. The van der Waals surface area contributed by atoms with Gasteiger partial charge in [0.2, 0.25) is 0 Å². The molecule has 1 aromatic carbocycles. The molecular formula is C12H17ClN2S. The summed E-state index contributed by atoms with van der Waals surface area (Å²) < 4.78 is 0. The van der Waals surface area contributed by atoms with Crippen LogP contribution in [0, 0.1) is 0 Å². The van der Waals surface area contributed by atoms with Gasteiger partial charge in [-0.15, -0.1) is 0 Å². The number of thiocarbonyl (C=S) groups is 1. The number of benzene rings is 1. The van der Waals surface area contributed by atoms with E-state index in [0.29, 0.717) is 5.11 Å². The standard InChI is InChI=1S/C12H17ClN2S/c1-3-7-14-12(16)15-9(2)10-5-4-6-11(13)8-10/h4-6,8-9H,3,7H2,1-2H3,(H2,14,15,16). The van der Waals surface area contributed by atoms with E-state index < -0.39 is 0 Å². The third-order valence-corrected chi connectivity index (χ3v) is 2.73. The lowest BCUT2D eigenvalue weighted by Gasteiger charge is -2.17. The molecule has 0 saturated carbocycles. The van der Waals surface area contributed by atoms with Crippen LogP contribution in [-0.4, -0.2) is 11.7 Å². The molecule has 0 bridgehead atoms. The molecule has 1 rings (SSSR count). The third kappa shape index (κ3) is 4.37. The molecule has 0 aliphatic heterocycles. The van der Waals surface area contributed by atoms with Gasteiger partial charge in [-0.25, -0.2) is 0 Å². The fourth-order valence-electron chi connectivity index (χ4n) is 1.35. The van der Waals surface area contributed by atoms with Crippen molar-refractivity contribution in [1.29, 1.82) is 0 Å². The monoisotopic (exact) mass is 256 g/mol. The Balaban J connectivity index is 2.52. The van der Waals surface area contributed by atoms with Crippen LogP contribution in [-0.2, 0) is 0 Å². The van der Waals surface area contributed by atoms with Crippen molar-refractivity contribution in [3.63, 3.8) is 0 Å². The van der Waals surface area contributed by atoms with E-state index in [2.05, 4.69) is 24.5 Å². The van der Waals surface area contributed by atoms with Crippen molar-refractivity contribution in [2.45, 2.75) is 26.3 Å².